The first-order valence-corrected chi connectivity index (χ1v) is 11.5. The third kappa shape index (κ3) is 5.68. The molecule has 166 valence electrons. The van der Waals surface area contributed by atoms with Gasteiger partial charge in [-0.05, 0) is 56.2 Å². The van der Waals surface area contributed by atoms with Crippen molar-refractivity contribution in [1.29, 1.82) is 0 Å². The first-order chi connectivity index (χ1) is 14.7. The van der Waals surface area contributed by atoms with Crippen molar-refractivity contribution in [2.24, 2.45) is 5.92 Å². The van der Waals surface area contributed by atoms with Gasteiger partial charge in [-0.2, -0.15) is 4.31 Å². The van der Waals surface area contributed by atoms with Crippen molar-refractivity contribution in [3.63, 3.8) is 0 Å². The Kier molecular flexibility index (Phi) is 7.07. The van der Waals surface area contributed by atoms with Crippen LogP contribution in [0.2, 0.25) is 0 Å². The molecule has 2 aromatic carbocycles. The molecule has 1 atom stereocenters. The third-order valence-corrected chi connectivity index (χ3v) is 7.16. The Morgan fingerprint density at radius 1 is 1.13 bits per heavy atom. The minimum Gasteiger partial charge on any atom is -0.336 e. The molecule has 0 spiro atoms. The summed E-state index contributed by atoms with van der Waals surface area (Å²) in [6.07, 6.45) is 1.07. The summed E-state index contributed by atoms with van der Waals surface area (Å²) in [7, 11) is -2.29. The van der Waals surface area contributed by atoms with Gasteiger partial charge in [-0.1, -0.05) is 17.7 Å². The van der Waals surface area contributed by atoms with E-state index < -0.39 is 21.8 Å². The molecule has 3 rings (SSSR count). The van der Waals surface area contributed by atoms with Crippen molar-refractivity contribution in [2.75, 3.05) is 32.0 Å². The maximum Gasteiger partial charge on any atom is 0.243 e. The first kappa shape index (κ1) is 22.9. The van der Waals surface area contributed by atoms with Gasteiger partial charge in [0.15, 0.2) is 0 Å². The van der Waals surface area contributed by atoms with E-state index >= 15 is 0 Å². The molecule has 1 saturated heterocycles. The molecule has 0 aliphatic carbocycles. The van der Waals surface area contributed by atoms with Crippen molar-refractivity contribution in [3.8, 4) is 0 Å². The van der Waals surface area contributed by atoms with Crippen molar-refractivity contribution in [3.05, 3.63) is 59.9 Å². The van der Waals surface area contributed by atoms with Crippen LogP contribution in [0.25, 0.3) is 0 Å². The number of benzene rings is 2. The van der Waals surface area contributed by atoms with Gasteiger partial charge in [0.1, 0.15) is 5.82 Å². The molecule has 1 aliphatic rings. The van der Waals surface area contributed by atoms with Crippen LogP contribution >= 0.6 is 0 Å². The van der Waals surface area contributed by atoms with Crippen LogP contribution < -0.4 is 5.32 Å². The minimum atomic E-state index is -3.82. The lowest BCUT2D eigenvalue weighted by atomic mass is 9.98. The highest BCUT2D eigenvalue weighted by Crippen LogP contribution is 2.25. The summed E-state index contributed by atoms with van der Waals surface area (Å²) in [5, 5.41) is 2.75. The number of hydrogen-bond donors (Lipinski definition) is 1. The van der Waals surface area contributed by atoms with Crippen molar-refractivity contribution in [2.45, 2.75) is 24.7 Å². The van der Waals surface area contributed by atoms with Gasteiger partial charge in [-0.25, -0.2) is 12.8 Å². The Labute approximate surface area is 181 Å². The van der Waals surface area contributed by atoms with Crippen molar-refractivity contribution < 1.29 is 22.4 Å². The lowest BCUT2D eigenvalue weighted by Crippen LogP contribution is -2.47. The predicted molar refractivity (Wildman–Crippen MR) is 115 cm³/mol. The molecule has 2 aromatic rings. The molecule has 1 fully saturated rings. The number of carbonyl (C=O) groups is 2. The van der Waals surface area contributed by atoms with E-state index in [0.29, 0.717) is 25.1 Å². The van der Waals surface area contributed by atoms with Crippen LogP contribution in [0.5, 0.6) is 0 Å². The number of amides is 2. The summed E-state index contributed by atoms with van der Waals surface area (Å²) in [6.45, 7) is 2.14. The van der Waals surface area contributed by atoms with E-state index in [1.807, 2.05) is 19.1 Å². The Morgan fingerprint density at radius 2 is 1.77 bits per heavy atom. The topological polar surface area (TPSA) is 86.8 Å². The van der Waals surface area contributed by atoms with E-state index in [1.54, 1.807) is 12.1 Å². The number of carbonyl (C=O) groups excluding carboxylic acids is 2. The largest absolute Gasteiger partial charge is 0.336 e. The Balaban J connectivity index is 1.61. The Bertz CT molecular complexity index is 1040. The second-order valence-corrected chi connectivity index (χ2v) is 9.70. The molecule has 31 heavy (non-hydrogen) atoms. The van der Waals surface area contributed by atoms with E-state index in [2.05, 4.69) is 5.32 Å². The molecular formula is C22H26FN3O4S. The van der Waals surface area contributed by atoms with Gasteiger partial charge in [0, 0.05) is 25.8 Å². The maximum atomic E-state index is 13.1. The highest BCUT2D eigenvalue weighted by atomic mass is 32.2. The second-order valence-electron chi connectivity index (χ2n) is 7.76. The molecule has 2 amide bonds. The van der Waals surface area contributed by atoms with Gasteiger partial charge in [0.05, 0.1) is 17.4 Å². The summed E-state index contributed by atoms with van der Waals surface area (Å²) in [4.78, 5) is 26.5. The lowest BCUT2D eigenvalue weighted by molar-refractivity contribution is -0.138. The van der Waals surface area contributed by atoms with E-state index in [-0.39, 0.29) is 29.8 Å². The smallest absolute Gasteiger partial charge is 0.243 e. The minimum absolute atomic E-state index is 0.00664. The quantitative estimate of drug-likeness (QED) is 0.738. The zero-order chi connectivity index (χ0) is 22.6. The van der Waals surface area contributed by atoms with E-state index in [4.69, 9.17) is 0 Å². The zero-order valence-electron chi connectivity index (χ0n) is 17.5. The molecule has 0 radical (unpaired) electrons. The van der Waals surface area contributed by atoms with Gasteiger partial charge in [0.2, 0.25) is 21.8 Å². The highest BCUT2D eigenvalue weighted by molar-refractivity contribution is 7.89. The number of nitrogens with zero attached hydrogens (tertiary/aromatic N) is 2. The maximum absolute atomic E-state index is 13.1. The molecule has 0 aromatic heterocycles. The van der Waals surface area contributed by atoms with E-state index in [1.165, 1.54) is 28.4 Å². The SMILES string of the molecule is Cc1ccc(NC(=O)CN(C)C(=O)C2CCCN(S(=O)(=O)c3ccc(F)cc3)C2)cc1. The molecule has 1 N–H and O–H groups in total. The number of anilines is 1. The molecule has 7 nitrogen and oxygen atoms in total. The highest BCUT2D eigenvalue weighted by Gasteiger charge is 2.34. The number of nitrogens with one attached hydrogen (secondary N) is 1. The van der Waals surface area contributed by atoms with Crippen LogP contribution in [0.4, 0.5) is 10.1 Å². The van der Waals surface area contributed by atoms with E-state index in [9.17, 15) is 22.4 Å². The van der Waals surface area contributed by atoms with Gasteiger partial charge >= 0.3 is 0 Å². The van der Waals surface area contributed by atoms with Crippen LogP contribution in [-0.4, -0.2) is 56.1 Å². The fourth-order valence-electron chi connectivity index (χ4n) is 3.56. The molecule has 0 bridgehead atoms. The van der Waals surface area contributed by atoms with Crippen LogP contribution in [0.1, 0.15) is 18.4 Å². The predicted octanol–water partition coefficient (Wildman–Crippen LogP) is 2.63. The molecule has 0 saturated carbocycles. The van der Waals surface area contributed by atoms with Crippen LogP contribution in [-0.2, 0) is 19.6 Å². The molecule has 1 heterocycles. The van der Waals surface area contributed by atoms with Crippen LogP contribution in [0.15, 0.2) is 53.4 Å². The monoisotopic (exact) mass is 447 g/mol. The molecular weight excluding hydrogens is 421 g/mol. The van der Waals surface area contributed by atoms with E-state index in [0.717, 1.165) is 17.7 Å². The van der Waals surface area contributed by atoms with Gasteiger partial charge < -0.3 is 10.2 Å². The average Bonchev–Trinajstić information content (AvgIpc) is 2.75. The second kappa shape index (κ2) is 9.57. The van der Waals surface area contributed by atoms with Crippen molar-refractivity contribution >= 4 is 27.5 Å². The molecule has 1 aliphatic heterocycles. The summed E-state index contributed by atoms with van der Waals surface area (Å²) in [6, 6.07) is 12.0. The standard InChI is InChI=1S/C22H26FN3O4S/c1-16-5-9-19(10-6-16)24-21(27)15-25(2)22(28)17-4-3-13-26(14-17)31(29,30)20-11-7-18(23)8-12-20/h5-12,17H,3-4,13-15H2,1-2H3,(H,24,27). The van der Waals surface area contributed by atoms with Crippen LogP contribution in [0.3, 0.4) is 0 Å². The first-order valence-electron chi connectivity index (χ1n) is 10.0. The summed E-state index contributed by atoms with van der Waals surface area (Å²) in [5.41, 5.74) is 1.72. The van der Waals surface area contributed by atoms with Crippen LogP contribution in [0, 0.1) is 18.7 Å². The Hall–Kier alpha value is -2.78. The summed E-state index contributed by atoms with van der Waals surface area (Å²) >= 11 is 0. The number of piperidine rings is 1. The average molecular weight is 448 g/mol. The number of likely N-dealkylation sites (N-methyl/N-ethyl adjacent to an activating group) is 1. The third-order valence-electron chi connectivity index (χ3n) is 5.28. The number of hydrogen-bond acceptors (Lipinski definition) is 4. The lowest BCUT2D eigenvalue weighted by Gasteiger charge is -2.33. The summed E-state index contributed by atoms with van der Waals surface area (Å²) < 4.78 is 40.1. The van der Waals surface area contributed by atoms with Gasteiger partial charge in [0.25, 0.3) is 0 Å². The van der Waals surface area contributed by atoms with Gasteiger partial charge in [-0.15, -0.1) is 0 Å². The molecule has 1 unspecified atom stereocenters. The fraction of sp³-hybridized carbons (Fsp3) is 0.364. The number of rotatable bonds is 6. The fourth-order valence-corrected chi connectivity index (χ4v) is 5.08. The number of halogens is 1. The van der Waals surface area contributed by atoms with Crippen molar-refractivity contribution in [1.82, 2.24) is 9.21 Å². The number of sulfonamides is 1. The number of aryl methyl sites for hydroxylation is 1. The summed E-state index contributed by atoms with van der Waals surface area (Å²) in [5.74, 6) is -1.67. The van der Waals surface area contributed by atoms with Gasteiger partial charge in [-0.3, -0.25) is 9.59 Å². The molecule has 9 heteroatoms. The Morgan fingerprint density at radius 3 is 2.42 bits per heavy atom. The zero-order valence-corrected chi connectivity index (χ0v) is 18.4. The normalized spacial score (nSPS) is 17.2.